The number of aromatic nitrogens is 1. The van der Waals surface area contributed by atoms with E-state index in [0.29, 0.717) is 19.5 Å². The van der Waals surface area contributed by atoms with Gasteiger partial charge in [-0.2, -0.15) is 11.8 Å². The molecule has 0 radical (unpaired) electrons. The van der Waals surface area contributed by atoms with Crippen molar-refractivity contribution in [1.82, 2.24) is 9.88 Å². The van der Waals surface area contributed by atoms with Gasteiger partial charge in [-0.05, 0) is 6.92 Å². The van der Waals surface area contributed by atoms with Gasteiger partial charge in [0.2, 0.25) is 5.91 Å². The quantitative estimate of drug-likeness (QED) is 0.820. The van der Waals surface area contributed by atoms with Crippen LogP contribution >= 0.6 is 23.1 Å². The number of carbonyl (C=O) groups excluding carboxylic acids is 1. The van der Waals surface area contributed by atoms with Crippen molar-refractivity contribution in [2.24, 2.45) is 0 Å². The number of aliphatic hydroxyl groups excluding tert-OH is 1. The minimum absolute atomic E-state index is 0.150. The van der Waals surface area contributed by atoms with E-state index in [2.05, 4.69) is 10.4 Å². The van der Waals surface area contributed by atoms with Crippen LogP contribution < -0.4 is 0 Å². The largest absolute Gasteiger partial charge is 0.389 e. The molecule has 0 spiro atoms. The molecule has 17 heavy (non-hydrogen) atoms. The molecule has 1 aromatic heterocycles. The topological polar surface area (TPSA) is 53.4 Å². The predicted molar refractivity (Wildman–Crippen MR) is 70.2 cm³/mol. The number of rotatable bonds is 5. The molecule has 0 unspecified atom stereocenters. The van der Waals surface area contributed by atoms with Gasteiger partial charge in [0.15, 0.2) is 0 Å². The zero-order chi connectivity index (χ0) is 12.3. The van der Waals surface area contributed by atoms with Crippen LogP contribution in [0.5, 0.6) is 0 Å². The fourth-order valence-corrected chi connectivity index (χ4v) is 3.17. The number of carbonyl (C=O) groups is 1. The number of thioether (sulfide) groups is 1. The molecule has 1 aliphatic heterocycles. The first-order chi connectivity index (χ1) is 8.15. The van der Waals surface area contributed by atoms with Crippen LogP contribution in [0.3, 0.4) is 0 Å². The van der Waals surface area contributed by atoms with Gasteiger partial charge >= 0.3 is 0 Å². The highest BCUT2D eigenvalue weighted by atomic mass is 32.2. The minimum Gasteiger partial charge on any atom is -0.389 e. The molecule has 1 N–H and O–H groups in total. The van der Waals surface area contributed by atoms with E-state index in [-0.39, 0.29) is 12.0 Å². The van der Waals surface area contributed by atoms with Crippen LogP contribution in [0.1, 0.15) is 17.1 Å². The average Bonchev–Trinajstić information content (AvgIpc) is 2.66. The van der Waals surface area contributed by atoms with Crippen LogP contribution in [-0.4, -0.2) is 45.8 Å². The Balaban J connectivity index is 1.58. The third kappa shape index (κ3) is 3.69. The molecule has 1 saturated heterocycles. The SMILES string of the molecule is Cc1nc(CSCCC(=O)N2CC(O)C2)cs1. The van der Waals surface area contributed by atoms with Crippen molar-refractivity contribution < 1.29 is 9.90 Å². The van der Waals surface area contributed by atoms with Gasteiger partial charge in [0.1, 0.15) is 0 Å². The van der Waals surface area contributed by atoms with Gasteiger partial charge in [-0.25, -0.2) is 4.98 Å². The average molecular weight is 272 g/mol. The molecule has 4 nitrogen and oxygen atoms in total. The summed E-state index contributed by atoms with van der Waals surface area (Å²) in [6.07, 6.45) is 0.255. The maximum atomic E-state index is 11.6. The molecule has 1 fully saturated rings. The lowest BCUT2D eigenvalue weighted by Gasteiger charge is -2.35. The first-order valence-electron chi connectivity index (χ1n) is 5.60. The second-order valence-electron chi connectivity index (χ2n) is 4.11. The van der Waals surface area contributed by atoms with Crippen LogP contribution in [0.15, 0.2) is 5.38 Å². The van der Waals surface area contributed by atoms with Gasteiger partial charge in [0.25, 0.3) is 0 Å². The van der Waals surface area contributed by atoms with Gasteiger partial charge in [-0.1, -0.05) is 0 Å². The van der Waals surface area contributed by atoms with Crippen molar-refractivity contribution in [3.63, 3.8) is 0 Å². The summed E-state index contributed by atoms with van der Waals surface area (Å²) in [5.41, 5.74) is 1.10. The molecule has 0 aliphatic carbocycles. The molecular weight excluding hydrogens is 256 g/mol. The Hall–Kier alpha value is -0.590. The molecule has 2 rings (SSSR count). The summed E-state index contributed by atoms with van der Waals surface area (Å²) in [5, 5.41) is 12.2. The van der Waals surface area contributed by atoms with Crippen LogP contribution in [0.4, 0.5) is 0 Å². The van der Waals surface area contributed by atoms with E-state index in [9.17, 15) is 4.79 Å². The van der Waals surface area contributed by atoms with Crippen LogP contribution in [0.2, 0.25) is 0 Å². The fraction of sp³-hybridized carbons (Fsp3) is 0.636. The van der Waals surface area contributed by atoms with Gasteiger partial charge in [0, 0.05) is 36.4 Å². The number of β-amino-alcohol motifs (C(OH)–C–C–N with tert-alkyl or cyclic N) is 1. The number of likely N-dealkylation sites (tertiary alicyclic amines) is 1. The molecule has 1 aromatic rings. The fourth-order valence-electron chi connectivity index (χ4n) is 1.63. The van der Waals surface area contributed by atoms with Gasteiger partial charge < -0.3 is 10.0 Å². The predicted octanol–water partition coefficient (Wildman–Crippen LogP) is 1.28. The smallest absolute Gasteiger partial charge is 0.223 e. The number of hydrogen-bond acceptors (Lipinski definition) is 5. The van der Waals surface area contributed by atoms with E-state index in [0.717, 1.165) is 22.2 Å². The Bertz CT molecular complexity index is 389. The van der Waals surface area contributed by atoms with E-state index < -0.39 is 0 Å². The lowest BCUT2D eigenvalue weighted by atomic mass is 10.1. The van der Waals surface area contributed by atoms with E-state index in [1.54, 1.807) is 28.0 Å². The van der Waals surface area contributed by atoms with E-state index in [1.165, 1.54) is 0 Å². The Kier molecular flexibility index (Phi) is 4.42. The first-order valence-corrected chi connectivity index (χ1v) is 7.63. The molecule has 0 atom stereocenters. The molecule has 0 aromatic carbocycles. The highest BCUT2D eigenvalue weighted by molar-refractivity contribution is 7.98. The Morgan fingerprint density at radius 3 is 3.06 bits per heavy atom. The lowest BCUT2D eigenvalue weighted by molar-refractivity contribution is -0.140. The molecule has 94 valence electrons. The number of nitrogens with zero attached hydrogens (tertiary/aromatic N) is 2. The summed E-state index contributed by atoms with van der Waals surface area (Å²) in [7, 11) is 0. The molecule has 6 heteroatoms. The van der Waals surface area contributed by atoms with Crippen molar-refractivity contribution in [2.45, 2.75) is 25.2 Å². The number of aryl methyl sites for hydroxylation is 1. The summed E-state index contributed by atoms with van der Waals surface area (Å²) in [6, 6.07) is 0. The van der Waals surface area contributed by atoms with Crippen molar-refractivity contribution in [3.8, 4) is 0 Å². The van der Waals surface area contributed by atoms with E-state index >= 15 is 0 Å². The molecular formula is C11H16N2O2S2. The van der Waals surface area contributed by atoms with E-state index in [1.807, 2.05) is 6.92 Å². The summed E-state index contributed by atoms with van der Waals surface area (Å²) >= 11 is 3.39. The molecule has 1 aliphatic rings. The molecule has 0 bridgehead atoms. The maximum absolute atomic E-state index is 11.6. The summed E-state index contributed by atoms with van der Waals surface area (Å²) in [5.74, 6) is 1.85. The highest BCUT2D eigenvalue weighted by Gasteiger charge is 2.27. The summed E-state index contributed by atoms with van der Waals surface area (Å²) in [6.45, 7) is 3.01. The van der Waals surface area contributed by atoms with E-state index in [4.69, 9.17) is 5.11 Å². The first kappa shape index (κ1) is 12.9. The third-order valence-corrected chi connectivity index (χ3v) is 4.41. The van der Waals surface area contributed by atoms with Crippen molar-refractivity contribution >= 4 is 29.0 Å². The standard InChI is InChI=1S/C11H16N2O2S2/c1-8-12-9(7-17-8)6-16-3-2-11(15)13-4-10(14)5-13/h7,10,14H,2-6H2,1H3. The Labute approximate surface area is 109 Å². The Morgan fingerprint density at radius 1 is 1.71 bits per heavy atom. The van der Waals surface area contributed by atoms with Crippen LogP contribution in [0, 0.1) is 6.92 Å². The molecule has 1 amide bonds. The molecule has 0 saturated carbocycles. The van der Waals surface area contributed by atoms with Crippen LogP contribution in [-0.2, 0) is 10.5 Å². The highest BCUT2D eigenvalue weighted by Crippen LogP contribution is 2.17. The van der Waals surface area contributed by atoms with Crippen molar-refractivity contribution in [3.05, 3.63) is 16.1 Å². The number of amides is 1. The minimum atomic E-state index is -0.301. The van der Waals surface area contributed by atoms with Crippen LogP contribution in [0.25, 0.3) is 0 Å². The number of thiazole rings is 1. The van der Waals surface area contributed by atoms with Gasteiger partial charge in [-0.15, -0.1) is 11.3 Å². The maximum Gasteiger partial charge on any atom is 0.223 e. The summed E-state index contributed by atoms with van der Waals surface area (Å²) < 4.78 is 0. The Morgan fingerprint density at radius 2 is 2.47 bits per heavy atom. The van der Waals surface area contributed by atoms with Gasteiger partial charge in [0.05, 0.1) is 16.8 Å². The normalized spacial score (nSPS) is 16.0. The number of aliphatic hydroxyl groups is 1. The van der Waals surface area contributed by atoms with Crippen molar-refractivity contribution in [2.75, 3.05) is 18.8 Å². The second kappa shape index (κ2) is 5.84. The number of hydrogen-bond donors (Lipinski definition) is 1. The zero-order valence-electron chi connectivity index (χ0n) is 9.76. The van der Waals surface area contributed by atoms with Gasteiger partial charge in [-0.3, -0.25) is 4.79 Å². The summed E-state index contributed by atoms with van der Waals surface area (Å²) in [4.78, 5) is 17.6. The lowest BCUT2D eigenvalue weighted by Crippen LogP contribution is -2.53. The molecule has 2 heterocycles. The monoisotopic (exact) mass is 272 g/mol. The van der Waals surface area contributed by atoms with Crippen molar-refractivity contribution in [1.29, 1.82) is 0 Å². The third-order valence-electron chi connectivity index (χ3n) is 2.59. The second-order valence-corrected chi connectivity index (χ2v) is 6.28. The zero-order valence-corrected chi connectivity index (χ0v) is 11.4.